The van der Waals surface area contributed by atoms with Gasteiger partial charge in [0, 0.05) is 11.4 Å². The monoisotopic (exact) mass is 388 g/mol. The fourth-order valence-electron chi connectivity index (χ4n) is 1.99. The highest BCUT2D eigenvalue weighted by Gasteiger charge is 2.05. The van der Waals surface area contributed by atoms with Crippen LogP contribution in [0.4, 0.5) is 0 Å². The van der Waals surface area contributed by atoms with E-state index in [2.05, 4.69) is 25.2 Å². The summed E-state index contributed by atoms with van der Waals surface area (Å²) in [5, 5.41) is 4.47. The van der Waals surface area contributed by atoms with Gasteiger partial charge in [-0.1, -0.05) is 23.9 Å². The van der Waals surface area contributed by atoms with Crippen molar-refractivity contribution < 1.29 is 19.1 Å². The third-order valence-electron chi connectivity index (χ3n) is 3.14. The summed E-state index contributed by atoms with van der Waals surface area (Å²) in [5.74, 6) is -0.0791. The number of benzene rings is 1. The van der Waals surface area contributed by atoms with Crippen molar-refractivity contribution in [3.63, 3.8) is 0 Å². The number of aryl methyl sites for hydroxylation is 2. The first-order chi connectivity index (χ1) is 13.0. The minimum absolute atomic E-state index is 0.155. The van der Waals surface area contributed by atoms with Crippen LogP contribution >= 0.6 is 11.8 Å². The maximum absolute atomic E-state index is 11.9. The van der Waals surface area contributed by atoms with Gasteiger partial charge in [0.2, 0.25) is 0 Å². The number of aromatic nitrogens is 2. The first-order valence-corrected chi connectivity index (χ1v) is 9.01. The van der Waals surface area contributed by atoms with E-state index in [0.29, 0.717) is 16.5 Å². The molecule has 142 valence electrons. The quantitative estimate of drug-likeness (QED) is 0.242. The second kappa shape index (κ2) is 10.3. The fraction of sp³-hybridized carbons (Fsp3) is 0.278. The first-order valence-electron chi connectivity index (χ1n) is 8.03. The largest absolute Gasteiger partial charge is 0.482 e. The van der Waals surface area contributed by atoms with Gasteiger partial charge in [-0.15, -0.1) is 0 Å². The molecule has 0 spiro atoms. The molecule has 0 bridgehead atoms. The van der Waals surface area contributed by atoms with Crippen molar-refractivity contribution >= 4 is 29.9 Å². The van der Waals surface area contributed by atoms with Gasteiger partial charge in [-0.25, -0.2) is 20.2 Å². The second-order valence-corrected chi connectivity index (χ2v) is 6.39. The lowest BCUT2D eigenvalue weighted by Crippen LogP contribution is -2.19. The highest BCUT2D eigenvalue weighted by atomic mass is 32.2. The molecular formula is C18H20N4O4S. The standard InChI is InChI=1S/C18H20N4O4S/c1-12-7-13(2)21-18(20-12)27-11-16(23)22-19-9-14-5-4-6-15(8-14)26-10-17(24)25-3/h4-9H,10-11H2,1-3H3,(H,22,23)/b19-9-. The van der Waals surface area contributed by atoms with Gasteiger partial charge in [-0.05, 0) is 37.6 Å². The number of methoxy groups -OCH3 is 1. The number of hydrogen-bond donors (Lipinski definition) is 1. The molecule has 1 amide bonds. The molecule has 8 nitrogen and oxygen atoms in total. The van der Waals surface area contributed by atoms with Crippen LogP contribution in [0.15, 0.2) is 40.6 Å². The van der Waals surface area contributed by atoms with E-state index >= 15 is 0 Å². The molecule has 27 heavy (non-hydrogen) atoms. The van der Waals surface area contributed by atoms with E-state index in [1.165, 1.54) is 25.1 Å². The molecule has 1 N–H and O–H groups in total. The molecule has 0 unspecified atom stereocenters. The van der Waals surface area contributed by atoms with Gasteiger partial charge in [0.05, 0.1) is 19.1 Å². The maximum Gasteiger partial charge on any atom is 0.343 e. The van der Waals surface area contributed by atoms with Crippen LogP contribution in [0.3, 0.4) is 0 Å². The third-order valence-corrected chi connectivity index (χ3v) is 3.99. The average molecular weight is 388 g/mol. The Balaban J connectivity index is 1.82. The number of ether oxygens (including phenoxy) is 2. The molecule has 2 aromatic rings. The van der Waals surface area contributed by atoms with Crippen LogP contribution < -0.4 is 10.2 Å². The third kappa shape index (κ3) is 7.45. The minimum atomic E-state index is -0.466. The summed E-state index contributed by atoms with van der Waals surface area (Å²) in [4.78, 5) is 31.5. The van der Waals surface area contributed by atoms with Gasteiger partial charge in [0.15, 0.2) is 11.8 Å². The van der Waals surface area contributed by atoms with Crippen LogP contribution in [0.2, 0.25) is 0 Å². The maximum atomic E-state index is 11.9. The van der Waals surface area contributed by atoms with Crippen molar-refractivity contribution in [3.8, 4) is 5.75 Å². The predicted molar refractivity (Wildman–Crippen MR) is 102 cm³/mol. The van der Waals surface area contributed by atoms with Crippen LogP contribution in [0.25, 0.3) is 0 Å². The zero-order valence-corrected chi connectivity index (χ0v) is 16.1. The lowest BCUT2D eigenvalue weighted by molar-refractivity contribution is -0.142. The highest BCUT2D eigenvalue weighted by molar-refractivity contribution is 7.99. The highest BCUT2D eigenvalue weighted by Crippen LogP contribution is 2.14. The van der Waals surface area contributed by atoms with Gasteiger partial charge >= 0.3 is 5.97 Å². The van der Waals surface area contributed by atoms with E-state index in [-0.39, 0.29) is 18.3 Å². The lowest BCUT2D eigenvalue weighted by Gasteiger charge is -2.05. The Kier molecular flexibility index (Phi) is 7.75. The Morgan fingerprint density at radius 2 is 1.96 bits per heavy atom. The molecule has 0 saturated carbocycles. The Labute approximate surface area is 161 Å². The number of carbonyl (C=O) groups is 2. The molecule has 0 aliphatic heterocycles. The predicted octanol–water partition coefficient (Wildman–Crippen LogP) is 1.89. The molecular weight excluding hydrogens is 368 g/mol. The SMILES string of the molecule is COC(=O)COc1cccc(/C=N\NC(=O)CSc2nc(C)cc(C)n2)c1. The van der Waals surface area contributed by atoms with E-state index < -0.39 is 5.97 Å². The van der Waals surface area contributed by atoms with E-state index in [9.17, 15) is 9.59 Å². The number of nitrogens with one attached hydrogen (secondary N) is 1. The number of esters is 1. The number of nitrogens with zero attached hydrogens (tertiary/aromatic N) is 3. The molecule has 1 heterocycles. The summed E-state index contributed by atoms with van der Waals surface area (Å²) in [6.07, 6.45) is 1.49. The van der Waals surface area contributed by atoms with Crippen molar-refractivity contribution in [1.82, 2.24) is 15.4 Å². The van der Waals surface area contributed by atoms with Crippen LogP contribution in [-0.2, 0) is 14.3 Å². The van der Waals surface area contributed by atoms with Crippen LogP contribution in [0, 0.1) is 13.8 Å². The molecule has 0 aliphatic rings. The van der Waals surface area contributed by atoms with Crippen LogP contribution in [0.1, 0.15) is 17.0 Å². The Morgan fingerprint density at radius 3 is 2.67 bits per heavy atom. The topological polar surface area (TPSA) is 103 Å². The number of thioether (sulfide) groups is 1. The van der Waals surface area contributed by atoms with E-state index in [1.807, 2.05) is 19.9 Å². The molecule has 0 radical (unpaired) electrons. The zero-order chi connectivity index (χ0) is 19.6. The minimum Gasteiger partial charge on any atom is -0.482 e. The molecule has 0 aliphatic carbocycles. The number of hydrazone groups is 1. The van der Waals surface area contributed by atoms with Gasteiger partial charge in [-0.3, -0.25) is 4.79 Å². The molecule has 0 saturated heterocycles. The molecule has 2 rings (SSSR count). The summed E-state index contributed by atoms with van der Waals surface area (Å²) in [5.41, 5.74) is 4.88. The van der Waals surface area contributed by atoms with Gasteiger partial charge in [-0.2, -0.15) is 5.10 Å². The number of amides is 1. The second-order valence-electron chi connectivity index (χ2n) is 5.45. The van der Waals surface area contributed by atoms with Crippen molar-refractivity contribution in [2.75, 3.05) is 19.5 Å². The Hall–Kier alpha value is -2.94. The van der Waals surface area contributed by atoms with Crippen molar-refractivity contribution in [3.05, 3.63) is 47.3 Å². The molecule has 9 heteroatoms. The lowest BCUT2D eigenvalue weighted by atomic mass is 10.2. The van der Waals surface area contributed by atoms with Gasteiger partial charge in [0.1, 0.15) is 5.75 Å². The van der Waals surface area contributed by atoms with Gasteiger partial charge < -0.3 is 9.47 Å². The molecule has 1 aromatic heterocycles. The fourth-order valence-corrected chi connectivity index (χ4v) is 2.73. The average Bonchev–Trinajstić information content (AvgIpc) is 2.64. The number of hydrogen-bond acceptors (Lipinski definition) is 8. The van der Waals surface area contributed by atoms with E-state index in [4.69, 9.17) is 4.74 Å². The zero-order valence-electron chi connectivity index (χ0n) is 15.3. The van der Waals surface area contributed by atoms with Crippen molar-refractivity contribution in [2.24, 2.45) is 5.10 Å². The summed E-state index contributed by atoms with van der Waals surface area (Å²) >= 11 is 1.25. The van der Waals surface area contributed by atoms with Crippen molar-refractivity contribution in [2.45, 2.75) is 19.0 Å². The van der Waals surface area contributed by atoms with Gasteiger partial charge in [0.25, 0.3) is 5.91 Å². The molecule has 0 fully saturated rings. The number of carbonyl (C=O) groups excluding carboxylic acids is 2. The summed E-state index contributed by atoms with van der Waals surface area (Å²) in [7, 11) is 1.29. The molecule has 1 aromatic carbocycles. The summed E-state index contributed by atoms with van der Waals surface area (Å²) in [6.45, 7) is 3.59. The number of rotatable bonds is 8. The summed E-state index contributed by atoms with van der Waals surface area (Å²) in [6, 6.07) is 8.81. The summed E-state index contributed by atoms with van der Waals surface area (Å²) < 4.78 is 9.81. The van der Waals surface area contributed by atoms with Crippen molar-refractivity contribution in [1.29, 1.82) is 0 Å². The smallest absolute Gasteiger partial charge is 0.343 e. The van der Waals surface area contributed by atoms with E-state index in [1.54, 1.807) is 24.3 Å². The van der Waals surface area contributed by atoms with Crippen LogP contribution in [-0.4, -0.2) is 47.5 Å². The Morgan fingerprint density at radius 1 is 1.22 bits per heavy atom. The Bertz CT molecular complexity index is 822. The molecule has 0 atom stereocenters. The van der Waals surface area contributed by atoms with Crippen LogP contribution in [0.5, 0.6) is 5.75 Å². The van der Waals surface area contributed by atoms with E-state index in [0.717, 1.165) is 11.4 Å². The first kappa shape index (κ1) is 20.4. The normalized spacial score (nSPS) is 10.6.